The van der Waals surface area contributed by atoms with Crippen LogP contribution in [0.2, 0.25) is 0 Å². The highest BCUT2D eigenvalue weighted by molar-refractivity contribution is 5.93. The van der Waals surface area contributed by atoms with Gasteiger partial charge in [0, 0.05) is 24.5 Å². The molecule has 1 N–H and O–H groups in total. The van der Waals surface area contributed by atoms with Crippen LogP contribution < -0.4 is 5.32 Å². The van der Waals surface area contributed by atoms with Crippen molar-refractivity contribution >= 4 is 28.4 Å². The summed E-state index contributed by atoms with van der Waals surface area (Å²) in [7, 11) is 0. The van der Waals surface area contributed by atoms with Gasteiger partial charge < -0.3 is 15.0 Å². The normalized spacial score (nSPS) is 15.1. The Morgan fingerprint density at radius 1 is 1.11 bits per heavy atom. The predicted octanol–water partition coefficient (Wildman–Crippen LogP) is 6.75. The Labute approximate surface area is 208 Å². The number of amides is 1. The molecule has 2 heterocycles. The standard InChI is InChI=1S/C29H36N4O2/c1-18-9-8-10-23(15-18)20(3)30-27-25-17-24(19(2)16-26(25)31-21(4)32-27)22-11-13-33(14-12-22)28(34)35-29(5,6)7/h8-11,15-17,20H,12-14H2,1-7H3,(H,30,31,32)/t20-/m1/s1. The number of rotatable bonds is 4. The van der Waals surface area contributed by atoms with Crippen molar-refractivity contribution in [3.8, 4) is 0 Å². The summed E-state index contributed by atoms with van der Waals surface area (Å²) in [6.45, 7) is 15.2. The molecule has 6 heteroatoms. The molecule has 1 aliphatic heterocycles. The second kappa shape index (κ2) is 9.68. The topological polar surface area (TPSA) is 67.4 Å². The molecule has 35 heavy (non-hydrogen) atoms. The molecule has 0 fully saturated rings. The Bertz CT molecular complexity index is 1290. The number of nitrogens with zero attached hydrogens (tertiary/aromatic N) is 3. The van der Waals surface area contributed by atoms with Crippen LogP contribution >= 0.6 is 0 Å². The largest absolute Gasteiger partial charge is 0.444 e. The monoisotopic (exact) mass is 472 g/mol. The van der Waals surface area contributed by atoms with Gasteiger partial charge in [-0.25, -0.2) is 14.8 Å². The Morgan fingerprint density at radius 3 is 2.54 bits per heavy atom. The van der Waals surface area contributed by atoms with Crippen LogP contribution in [-0.4, -0.2) is 39.7 Å². The van der Waals surface area contributed by atoms with Crippen LogP contribution in [0.1, 0.15) is 68.2 Å². The second-order valence-corrected chi connectivity index (χ2v) is 10.5. The average molecular weight is 473 g/mol. The number of anilines is 1. The van der Waals surface area contributed by atoms with E-state index in [0.29, 0.717) is 13.1 Å². The molecule has 1 aliphatic rings. The number of ether oxygens (including phenoxy) is 1. The lowest BCUT2D eigenvalue weighted by Crippen LogP contribution is -2.39. The minimum absolute atomic E-state index is 0.105. The summed E-state index contributed by atoms with van der Waals surface area (Å²) < 4.78 is 5.54. The number of hydrogen-bond acceptors (Lipinski definition) is 5. The maximum Gasteiger partial charge on any atom is 0.410 e. The van der Waals surface area contributed by atoms with Gasteiger partial charge in [0.15, 0.2) is 0 Å². The molecular weight excluding hydrogens is 436 g/mol. The third-order valence-corrected chi connectivity index (χ3v) is 6.26. The van der Waals surface area contributed by atoms with Gasteiger partial charge in [-0.2, -0.15) is 0 Å². The zero-order valence-corrected chi connectivity index (χ0v) is 21.9. The highest BCUT2D eigenvalue weighted by atomic mass is 16.6. The molecule has 1 amide bonds. The van der Waals surface area contributed by atoms with Crippen molar-refractivity contribution in [3.63, 3.8) is 0 Å². The highest BCUT2D eigenvalue weighted by Gasteiger charge is 2.24. The van der Waals surface area contributed by atoms with E-state index in [4.69, 9.17) is 14.7 Å². The number of aromatic nitrogens is 2. The van der Waals surface area contributed by atoms with Gasteiger partial charge in [-0.15, -0.1) is 0 Å². The lowest BCUT2D eigenvalue weighted by atomic mass is 9.94. The van der Waals surface area contributed by atoms with E-state index in [1.807, 2.05) is 27.7 Å². The lowest BCUT2D eigenvalue weighted by Gasteiger charge is -2.30. The number of carbonyl (C=O) groups excluding carboxylic acids is 1. The van der Waals surface area contributed by atoms with E-state index in [1.165, 1.54) is 27.8 Å². The summed E-state index contributed by atoms with van der Waals surface area (Å²) in [4.78, 5) is 23.7. The van der Waals surface area contributed by atoms with E-state index in [0.717, 1.165) is 29.0 Å². The zero-order valence-electron chi connectivity index (χ0n) is 21.9. The van der Waals surface area contributed by atoms with Crippen LogP contribution in [0.5, 0.6) is 0 Å². The van der Waals surface area contributed by atoms with Crippen LogP contribution in [-0.2, 0) is 4.74 Å². The number of fused-ring (bicyclic) bond motifs is 1. The minimum Gasteiger partial charge on any atom is -0.444 e. The highest BCUT2D eigenvalue weighted by Crippen LogP contribution is 2.32. The fraction of sp³-hybridized carbons (Fsp3) is 0.414. The van der Waals surface area contributed by atoms with Gasteiger partial charge in [-0.05, 0) is 89.3 Å². The number of benzene rings is 2. The lowest BCUT2D eigenvalue weighted by molar-refractivity contribution is 0.0270. The first-order valence-electron chi connectivity index (χ1n) is 12.3. The summed E-state index contributed by atoms with van der Waals surface area (Å²) in [5.41, 5.74) is 6.49. The Balaban J connectivity index is 1.64. The number of carbonyl (C=O) groups is 1. The van der Waals surface area contributed by atoms with Crippen molar-refractivity contribution in [1.29, 1.82) is 0 Å². The van der Waals surface area contributed by atoms with Crippen molar-refractivity contribution in [1.82, 2.24) is 14.9 Å². The van der Waals surface area contributed by atoms with Crippen LogP contribution in [0.3, 0.4) is 0 Å². The molecule has 0 saturated heterocycles. The van der Waals surface area contributed by atoms with Gasteiger partial charge in [0.05, 0.1) is 5.52 Å². The van der Waals surface area contributed by atoms with Gasteiger partial charge in [-0.3, -0.25) is 0 Å². The van der Waals surface area contributed by atoms with Crippen molar-refractivity contribution in [2.24, 2.45) is 0 Å². The van der Waals surface area contributed by atoms with Crippen molar-refractivity contribution in [2.75, 3.05) is 18.4 Å². The molecule has 0 saturated carbocycles. The smallest absolute Gasteiger partial charge is 0.410 e. The Morgan fingerprint density at radius 2 is 1.89 bits per heavy atom. The van der Waals surface area contributed by atoms with Gasteiger partial charge in [-0.1, -0.05) is 35.9 Å². The van der Waals surface area contributed by atoms with E-state index in [1.54, 1.807) is 4.90 Å². The fourth-order valence-electron chi connectivity index (χ4n) is 4.49. The van der Waals surface area contributed by atoms with Crippen LogP contribution in [0.25, 0.3) is 16.5 Å². The Hall–Kier alpha value is -3.41. The summed E-state index contributed by atoms with van der Waals surface area (Å²) in [5, 5.41) is 4.63. The summed E-state index contributed by atoms with van der Waals surface area (Å²) in [6.07, 6.45) is 2.66. The van der Waals surface area contributed by atoms with Crippen molar-refractivity contribution < 1.29 is 9.53 Å². The van der Waals surface area contributed by atoms with E-state index in [9.17, 15) is 4.79 Å². The molecule has 0 radical (unpaired) electrons. The molecule has 0 unspecified atom stereocenters. The molecule has 1 aromatic heterocycles. The van der Waals surface area contributed by atoms with Crippen molar-refractivity contribution in [2.45, 2.75) is 66.5 Å². The van der Waals surface area contributed by atoms with Crippen LogP contribution in [0, 0.1) is 20.8 Å². The van der Waals surface area contributed by atoms with Crippen LogP contribution in [0.4, 0.5) is 10.6 Å². The molecule has 4 rings (SSSR count). The first-order chi connectivity index (χ1) is 16.5. The summed E-state index contributed by atoms with van der Waals surface area (Å²) in [5.74, 6) is 1.59. The number of aryl methyl sites for hydroxylation is 3. The van der Waals surface area contributed by atoms with Gasteiger partial charge >= 0.3 is 6.09 Å². The maximum absolute atomic E-state index is 12.5. The number of hydrogen-bond donors (Lipinski definition) is 1. The minimum atomic E-state index is -0.493. The Kier molecular flexibility index (Phi) is 6.84. The van der Waals surface area contributed by atoms with E-state index in [-0.39, 0.29) is 12.1 Å². The molecule has 0 bridgehead atoms. The third-order valence-electron chi connectivity index (χ3n) is 6.26. The molecule has 0 aliphatic carbocycles. The molecule has 3 aromatic rings. The average Bonchev–Trinajstić information content (AvgIpc) is 2.77. The van der Waals surface area contributed by atoms with E-state index < -0.39 is 5.60 Å². The van der Waals surface area contributed by atoms with Gasteiger partial charge in [0.1, 0.15) is 17.2 Å². The summed E-state index contributed by atoms with van der Waals surface area (Å²) in [6, 6.07) is 13.0. The number of nitrogens with one attached hydrogen (secondary N) is 1. The quantitative estimate of drug-likeness (QED) is 0.455. The molecule has 184 valence electrons. The predicted molar refractivity (Wildman–Crippen MR) is 143 cm³/mol. The fourth-order valence-corrected chi connectivity index (χ4v) is 4.49. The second-order valence-electron chi connectivity index (χ2n) is 10.5. The SMILES string of the molecule is Cc1cccc([C@@H](C)Nc2nc(C)nc3cc(C)c(C4=CCN(C(=O)OC(C)(C)C)CC4)cc23)c1. The molecule has 1 atom stereocenters. The van der Waals surface area contributed by atoms with E-state index in [2.05, 4.69) is 68.6 Å². The van der Waals surface area contributed by atoms with Crippen molar-refractivity contribution in [3.05, 3.63) is 70.6 Å². The molecular formula is C29H36N4O2. The maximum atomic E-state index is 12.5. The van der Waals surface area contributed by atoms with Gasteiger partial charge in [0.25, 0.3) is 0 Å². The van der Waals surface area contributed by atoms with Crippen LogP contribution in [0.15, 0.2) is 42.5 Å². The first kappa shape index (κ1) is 24.7. The molecule has 0 spiro atoms. The van der Waals surface area contributed by atoms with Gasteiger partial charge in [0.2, 0.25) is 0 Å². The first-order valence-corrected chi connectivity index (χ1v) is 12.3. The van der Waals surface area contributed by atoms with E-state index >= 15 is 0 Å². The third kappa shape index (κ3) is 5.81. The molecule has 6 nitrogen and oxygen atoms in total. The molecule has 2 aromatic carbocycles. The summed E-state index contributed by atoms with van der Waals surface area (Å²) >= 11 is 0. The zero-order chi connectivity index (χ0) is 25.3.